The molecule has 29 heavy (non-hydrogen) atoms. The summed E-state index contributed by atoms with van der Waals surface area (Å²) in [4.78, 5) is 27.3. The molecule has 0 N–H and O–H groups in total. The number of halogens is 1. The van der Waals surface area contributed by atoms with Crippen molar-refractivity contribution in [1.29, 1.82) is 0 Å². The number of nitrogens with zero attached hydrogens (tertiary/aromatic N) is 3. The van der Waals surface area contributed by atoms with Gasteiger partial charge in [0.1, 0.15) is 0 Å². The van der Waals surface area contributed by atoms with Gasteiger partial charge in [0.25, 0.3) is 12.0 Å². The van der Waals surface area contributed by atoms with Crippen molar-refractivity contribution in [2.24, 2.45) is 0 Å². The van der Waals surface area contributed by atoms with Gasteiger partial charge in [-0.15, -0.1) is 0 Å². The predicted octanol–water partition coefficient (Wildman–Crippen LogP) is 0.984. The van der Waals surface area contributed by atoms with Crippen LogP contribution in [0.15, 0.2) is 85.3 Å². The zero-order chi connectivity index (χ0) is 19.5. The largest absolute Gasteiger partial charge is 1.00 e. The number of non-ortho nitro benzene ring substituents is 1. The van der Waals surface area contributed by atoms with E-state index in [1.807, 2.05) is 30.3 Å². The van der Waals surface area contributed by atoms with E-state index in [4.69, 9.17) is 0 Å². The Morgan fingerprint density at radius 1 is 1.00 bits per heavy atom. The lowest BCUT2D eigenvalue weighted by Crippen LogP contribution is -3.00. The number of hydrogen-bond acceptors (Lipinski definition) is 4. The first-order valence-corrected chi connectivity index (χ1v) is 8.73. The molecule has 0 aliphatic carbocycles. The van der Waals surface area contributed by atoms with Crippen molar-refractivity contribution in [3.05, 3.63) is 101 Å². The van der Waals surface area contributed by atoms with Crippen LogP contribution in [0, 0.1) is 10.1 Å². The van der Waals surface area contributed by atoms with Crippen LogP contribution in [0.4, 0.5) is 5.69 Å². The van der Waals surface area contributed by atoms with Crippen LogP contribution >= 0.6 is 0 Å². The Labute approximate surface area is 177 Å². The van der Waals surface area contributed by atoms with Crippen LogP contribution in [0.25, 0.3) is 22.0 Å². The highest BCUT2D eigenvalue weighted by molar-refractivity contribution is 5.96. The van der Waals surface area contributed by atoms with Crippen LogP contribution in [0.3, 0.4) is 0 Å². The third-order valence-corrected chi connectivity index (χ3v) is 4.54. The third-order valence-electron chi connectivity index (χ3n) is 4.54. The SMILES string of the molecule is O=C(C[n+]1ccc(-c2cccc3ccccc23)nc1)c1cccc([N+](=O)[O-])c1.[Br-]. The van der Waals surface area contributed by atoms with E-state index >= 15 is 0 Å². The third kappa shape index (κ3) is 4.35. The minimum atomic E-state index is -0.509. The molecule has 0 radical (unpaired) electrons. The van der Waals surface area contributed by atoms with Crippen LogP contribution in [0.5, 0.6) is 0 Å². The van der Waals surface area contributed by atoms with Gasteiger partial charge in [0, 0.05) is 29.3 Å². The van der Waals surface area contributed by atoms with Crippen LogP contribution in [-0.2, 0) is 6.54 Å². The van der Waals surface area contributed by atoms with Gasteiger partial charge in [-0.3, -0.25) is 14.9 Å². The first-order chi connectivity index (χ1) is 13.6. The number of benzene rings is 3. The summed E-state index contributed by atoms with van der Waals surface area (Å²) in [6, 6.07) is 21.8. The van der Waals surface area contributed by atoms with Gasteiger partial charge >= 0.3 is 0 Å². The lowest BCUT2D eigenvalue weighted by molar-refractivity contribution is -0.686. The second-order valence-electron chi connectivity index (χ2n) is 6.38. The summed E-state index contributed by atoms with van der Waals surface area (Å²) >= 11 is 0. The molecular weight excluding hydrogens is 434 g/mol. The summed E-state index contributed by atoms with van der Waals surface area (Å²) in [6.07, 6.45) is 3.39. The Bertz CT molecular complexity index is 1190. The highest BCUT2D eigenvalue weighted by Crippen LogP contribution is 2.26. The minimum Gasteiger partial charge on any atom is -1.00 e. The van der Waals surface area contributed by atoms with Crippen molar-refractivity contribution >= 4 is 22.2 Å². The van der Waals surface area contributed by atoms with E-state index in [1.165, 1.54) is 18.2 Å². The molecule has 0 saturated carbocycles. The van der Waals surface area contributed by atoms with Gasteiger partial charge in [-0.2, -0.15) is 0 Å². The van der Waals surface area contributed by atoms with E-state index in [2.05, 4.69) is 23.2 Å². The van der Waals surface area contributed by atoms with Crippen molar-refractivity contribution in [2.75, 3.05) is 0 Å². The minimum absolute atomic E-state index is 0. The van der Waals surface area contributed by atoms with Gasteiger partial charge in [0.2, 0.25) is 5.78 Å². The standard InChI is InChI=1S/C22H16N3O3.BrH/c26-22(17-7-3-8-18(13-17)25(27)28)14-24-12-11-21(23-15-24)20-10-4-6-16-5-1-2-9-19(16)20;/h1-13,15H,14H2;1H/q+1;/p-1. The Morgan fingerprint density at radius 3 is 2.52 bits per heavy atom. The maximum Gasteiger partial charge on any atom is 0.287 e. The summed E-state index contributed by atoms with van der Waals surface area (Å²) in [7, 11) is 0. The zero-order valence-electron chi connectivity index (χ0n) is 15.2. The molecular formula is C22H16BrN3O3. The van der Waals surface area contributed by atoms with E-state index in [0.29, 0.717) is 5.56 Å². The molecule has 0 saturated heterocycles. The number of hydrogen-bond donors (Lipinski definition) is 0. The van der Waals surface area contributed by atoms with Gasteiger partial charge in [-0.25, -0.2) is 4.57 Å². The number of ketones is 1. The highest BCUT2D eigenvalue weighted by Gasteiger charge is 2.15. The van der Waals surface area contributed by atoms with E-state index in [1.54, 1.807) is 23.2 Å². The monoisotopic (exact) mass is 449 g/mol. The Morgan fingerprint density at radius 2 is 1.76 bits per heavy atom. The molecule has 1 heterocycles. The molecule has 0 unspecified atom stereocenters. The maximum atomic E-state index is 12.4. The molecule has 144 valence electrons. The lowest BCUT2D eigenvalue weighted by atomic mass is 10.0. The average molecular weight is 450 g/mol. The van der Waals surface area contributed by atoms with E-state index in [-0.39, 0.29) is 35.0 Å². The maximum absolute atomic E-state index is 12.4. The second kappa shape index (κ2) is 8.70. The molecule has 6 nitrogen and oxygen atoms in total. The van der Waals surface area contributed by atoms with Crippen molar-refractivity contribution in [2.45, 2.75) is 6.54 Å². The lowest BCUT2D eigenvalue weighted by Gasteiger charge is -2.04. The first-order valence-electron chi connectivity index (χ1n) is 8.73. The Hall–Kier alpha value is -3.45. The summed E-state index contributed by atoms with van der Waals surface area (Å²) in [5, 5.41) is 13.1. The average Bonchev–Trinajstić information content (AvgIpc) is 2.74. The number of fused-ring (bicyclic) bond motifs is 1. The van der Waals surface area contributed by atoms with Crippen molar-refractivity contribution in [3.63, 3.8) is 0 Å². The molecule has 3 aromatic carbocycles. The van der Waals surface area contributed by atoms with Crippen LogP contribution in [-0.4, -0.2) is 15.7 Å². The topological polar surface area (TPSA) is 77.0 Å². The fourth-order valence-corrected chi connectivity index (χ4v) is 3.14. The number of carbonyl (C=O) groups is 1. The predicted molar refractivity (Wildman–Crippen MR) is 105 cm³/mol. The summed E-state index contributed by atoms with van der Waals surface area (Å²) < 4.78 is 1.66. The van der Waals surface area contributed by atoms with Crippen LogP contribution in [0.1, 0.15) is 10.4 Å². The van der Waals surface area contributed by atoms with Crippen molar-refractivity contribution < 1.29 is 31.3 Å². The smallest absolute Gasteiger partial charge is 0.287 e. The number of rotatable bonds is 5. The van der Waals surface area contributed by atoms with Gasteiger partial charge in [-0.05, 0) is 21.8 Å². The van der Waals surface area contributed by atoms with E-state index in [0.717, 1.165) is 22.0 Å². The van der Waals surface area contributed by atoms with Gasteiger partial charge in [-0.1, -0.05) is 48.5 Å². The van der Waals surface area contributed by atoms with Gasteiger partial charge < -0.3 is 17.0 Å². The fourth-order valence-electron chi connectivity index (χ4n) is 3.14. The van der Waals surface area contributed by atoms with E-state index < -0.39 is 4.92 Å². The van der Waals surface area contributed by atoms with Gasteiger partial charge in [0.15, 0.2) is 12.2 Å². The molecule has 0 aliphatic rings. The number of Topliss-reactive ketones (excluding diaryl/α,β-unsaturated/α-hetero) is 1. The first kappa shape index (κ1) is 20.3. The van der Waals surface area contributed by atoms with Crippen LogP contribution in [0.2, 0.25) is 0 Å². The van der Waals surface area contributed by atoms with Crippen molar-refractivity contribution in [1.82, 2.24) is 4.98 Å². The zero-order valence-corrected chi connectivity index (χ0v) is 16.8. The molecule has 0 bridgehead atoms. The summed E-state index contributed by atoms with van der Waals surface area (Å²) in [5.74, 6) is -0.214. The quantitative estimate of drug-likeness (QED) is 0.197. The highest BCUT2D eigenvalue weighted by atomic mass is 79.9. The van der Waals surface area contributed by atoms with Crippen molar-refractivity contribution in [3.8, 4) is 11.3 Å². The van der Waals surface area contributed by atoms with Gasteiger partial charge in [0.05, 0.1) is 11.1 Å². The molecule has 4 rings (SSSR count). The van der Waals surface area contributed by atoms with Crippen LogP contribution < -0.4 is 21.5 Å². The molecule has 1 aromatic heterocycles. The number of aromatic nitrogens is 2. The molecule has 7 heteroatoms. The van der Waals surface area contributed by atoms with E-state index in [9.17, 15) is 14.9 Å². The number of nitro groups is 1. The Kier molecular flexibility index (Phi) is 6.09. The molecule has 4 aromatic rings. The summed E-state index contributed by atoms with van der Waals surface area (Å²) in [6.45, 7) is 0.0595. The number of nitro benzene ring substituents is 1. The summed E-state index contributed by atoms with van der Waals surface area (Å²) in [5.41, 5.74) is 2.05. The fraction of sp³-hybridized carbons (Fsp3) is 0.0455. The molecule has 0 aliphatic heterocycles. The molecule has 0 spiro atoms. The molecule has 0 amide bonds. The normalized spacial score (nSPS) is 10.3. The number of carbonyl (C=O) groups excluding carboxylic acids is 1. The molecule has 0 fully saturated rings. The Balaban J connectivity index is 0.00000240. The second-order valence-corrected chi connectivity index (χ2v) is 6.38. The molecule has 0 atom stereocenters.